The molecule has 0 fully saturated rings. The van der Waals surface area contributed by atoms with Gasteiger partial charge in [0.2, 0.25) is 0 Å². The third-order valence-electron chi connectivity index (χ3n) is 4.06. The summed E-state index contributed by atoms with van der Waals surface area (Å²) in [6.45, 7) is 7.48. The molecule has 0 unspecified atom stereocenters. The molecule has 0 amide bonds. The van der Waals surface area contributed by atoms with Crippen LogP contribution in [0.5, 0.6) is 11.5 Å². The van der Waals surface area contributed by atoms with Crippen molar-refractivity contribution in [2.75, 3.05) is 25.6 Å². The SMILES string of the molecule is CCCOc1ccc(SC[C@H](COc2ccc(C(F)(F)F)cc2)OCC)cc1C. The zero-order valence-corrected chi connectivity index (χ0v) is 17.7. The maximum Gasteiger partial charge on any atom is 0.416 e. The fourth-order valence-electron chi connectivity index (χ4n) is 2.58. The molecule has 0 saturated heterocycles. The molecule has 0 aliphatic carbocycles. The first-order chi connectivity index (χ1) is 13.8. The standard InChI is InChI=1S/C22H27F3O3S/c1-4-12-27-21-11-10-20(13-16(21)3)29-15-19(26-5-2)14-28-18-8-6-17(7-9-18)22(23,24)25/h6-11,13,19H,4-5,12,14-15H2,1-3H3/t19-/m0/s1. The lowest BCUT2D eigenvalue weighted by atomic mass is 10.2. The number of ether oxygens (including phenoxy) is 3. The fourth-order valence-corrected chi connectivity index (χ4v) is 3.58. The summed E-state index contributed by atoms with van der Waals surface area (Å²) < 4.78 is 55.0. The van der Waals surface area contributed by atoms with Crippen LogP contribution in [-0.4, -0.2) is 31.7 Å². The quantitative estimate of drug-likeness (QED) is 0.388. The maximum atomic E-state index is 12.6. The molecule has 0 aliphatic heterocycles. The van der Waals surface area contributed by atoms with Crippen LogP contribution in [0.2, 0.25) is 0 Å². The van der Waals surface area contributed by atoms with Crippen molar-refractivity contribution in [3.63, 3.8) is 0 Å². The zero-order valence-electron chi connectivity index (χ0n) is 16.9. The highest BCUT2D eigenvalue weighted by Gasteiger charge is 2.30. The molecule has 0 aliphatic rings. The van der Waals surface area contributed by atoms with Crippen LogP contribution in [0.3, 0.4) is 0 Å². The number of rotatable bonds is 11. The normalized spacial score (nSPS) is 12.6. The summed E-state index contributed by atoms with van der Waals surface area (Å²) in [5.41, 5.74) is 0.390. The molecule has 3 nitrogen and oxygen atoms in total. The molecule has 0 radical (unpaired) electrons. The Morgan fingerprint density at radius 2 is 1.72 bits per heavy atom. The Bertz CT molecular complexity index is 748. The Labute approximate surface area is 174 Å². The van der Waals surface area contributed by atoms with Gasteiger partial charge in [-0.3, -0.25) is 0 Å². The van der Waals surface area contributed by atoms with Crippen molar-refractivity contribution >= 4 is 11.8 Å². The summed E-state index contributed by atoms with van der Waals surface area (Å²) in [7, 11) is 0. The number of aryl methyl sites for hydroxylation is 1. The van der Waals surface area contributed by atoms with Crippen molar-refractivity contribution in [1.82, 2.24) is 0 Å². The average molecular weight is 429 g/mol. The Morgan fingerprint density at radius 1 is 1.00 bits per heavy atom. The van der Waals surface area contributed by atoms with E-state index in [0.29, 0.717) is 24.7 Å². The fraction of sp³-hybridized carbons (Fsp3) is 0.455. The van der Waals surface area contributed by atoms with Crippen LogP contribution in [0, 0.1) is 6.92 Å². The summed E-state index contributed by atoms with van der Waals surface area (Å²) in [5, 5.41) is 0. The molecular formula is C22H27F3O3S. The number of benzene rings is 2. The summed E-state index contributed by atoms with van der Waals surface area (Å²) >= 11 is 1.65. The molecule has 1 atom stereocenters. The molecule has 29 heavy (non-hydrogen) atoms. The van der Waals surface area contributed by atoms with E-state index in [-0.39, 0.29) is 12.7 Å². The Balaban J connectivity index is 1.89. The lowest BCUT2D eigenvalue weighted by Gasteiger charge is -2.18. The summed E-state index contributed by atoms with van der Waals surface area (Å²) in [5.74, 6) is 1.95. The van der Waals surface area contributed by atoms with Gasteiger partial charge < -0.3 is 14.2 Å². The van der Waals surface area contributed by atoms with Gasteiger partial charge in [0, 0.05) is 17.3 Å². The maximum absolute atomic E-state index is 12.6. The van der Waals surface area contributed by atoms with E-state index in [1.807, 2.05) is 26.0 Å². The van der Waals surface area contributed by atoms with Gasteiger partial charge >= 0.3 is 6.18 Å². The van der Waals surface area contributed by atoms with E-state index in [2.05, 4.69) is 13.0 Å². The molecular weight excluding hydrogens is 401 g/mol. The number of hydrogen-bond acceptors (Lipinski definition) is 4. The number of alkyl halides is 3. The first-order valence-electron chi connectivity index (χ1n) is 9.61. The minimum absolute atomic E-state index is 0.177. The van der Waals surface area contributed by atoms with Crippen LogP contribution in [0.4, 0.5) is 13.2 Å². The Kier molecular flexibility index (Phi) is 9.17. The van der Waals surface area contributed by atoms with Crippen molar-refractivity contribution in [2.24, 2.45) is 0 Å². The van der Waals surface area contributed by atoms with Crippen LogP contribution in [0.15, 0.2) is 47.4 Å². The molecule has 2 rings (SSSR count). The van der Waals surface area contributed by atoms with Crippen LogP contribution in [0.25, 0.3) is 0 Å². The van der Waals surface area contributed by atoms with Crippen molar-refractivity contribution in [2.45, 2.75) is 44.4 Å². The third-order valence-corrected chi connectivity index (χ3v) is 5.19. The van der Waals surface area contributed by atoms with Gasteiger partial charge in [-0.05, 0) is 68.3 Å². The van der Waals surface area contributed by atoms with E-state index in [9.17, 15) is 13.2 Å². The van der Waals surface area contributed by atoms with Crippen LogP contribution in [-0.2, 0) is 10.9 Å². The minimum Gasteiger partial charge on any atom is -0.493 e. The second-order valence-corrected chi connectivity index (χ2v) is 7.59. The van der Waals surface area contributed by atoms with E-state index < -0.39 is 11.7 Å². The Hall–Kier alpha value is -1.86. The number of thioether (sulfide) groups is 1. The zero-order chi connectivity index (χ0) is 21.3. The van der Waals surface area contributed by atoms with Gasteiger partial charge in [0.1, 0.15) is 24.2 Å². The largest absolute Gasteiger partial charge is 0.493 e. The average Bonchev–Trinajstić information content (AvgIpc) is 2.69. The van der Waals surface area contributed by atoms with Crippen molar-refractivity contribution in [3.05, 3.63) is 53.6 Å². The van der Waals surface area contributed by atoms with Crippen molar-refractivity contribution in [3.8, 4) is 11.5 Å². The van der Waals surface area contributed by atoms with E-state index >= 15 is 0 Å². The molecule has 2 aromatic carbocycles. The summed E-state index contributed by atoms with van der Waals surface area (Å²) in [6, 6.07) is 10.8. The Morgan fingerprint density at radius 3 is 2.31 bits per heavy atom. The lowest BCUT2D eigenvalue weighted by Crippen LogP contribution is -2.24. The van der Waals surface area contributed by atoms with E-state index in [1.54, 1.807) is 11.8 Å². The molecule has 0 heterocycles. The van der Waals surface area contributed by atoms with E-state index in [1.165, 1.54) is 12.1 Å². The summed E-state index contributed by atoms with van der Waals surface area (Å²) in [4.78, 5) is 1.10. The van der Waals surface area contributed by atoms with E-state index in [4.69, 9.17) is 14.2 Å². The van der Waals surface area contributed by atoms with Crippen molar-refractivity contribution < 1.29 is 27.4 Å². The number of halogens is 3. The molecule has 0 saturated carbocycles. The smallest absolute Gasteiger partial charge is 0.416 e. The van der Waals surface area contributed by atoms with Gasteiger partial charge in [-0.25, -0.2) is 0 Å². The molecule has 0 bridgehead atoms. The third kappa shape index (κ3) is 7.82. The molecule has 7 heteroatoms. The number of hydrogen-bond donors (Lipinski definition) is 0. The van der Waals surface area contributed by atoms with E-state index in [0.717, 1.165) is 34.8 Å². The molecule has 0 N–H and O–H groups in total. The first kappa shape index (κ1) is 23.4. The molecule has 0 spiro atoms. The predicted octanol–water partition coefficient (Wildman–Crippen LogP) is 6.38. The van der Waals surface area contributed by atoms with Crippen LogP contribution >= 0.6 is 11.8 Å². The molecule has 160 valence electrons. The predicted molar refractivity (Wildman–Crippen MR) is 110 cm³/mol. The highest BCUT2D eigenvalue weighted by atomic mass is 32.2. The highest BCUT2D eigenvalue weighted by Crippen LogP contribution is 2.30. The topological polar surface area (TPSA) is 27.7 Å². The molecule has 2 aromatic rings. The monoisotopic (exact) mass is 428 g/mol. The first-order valence-corrected chi connectivity index (χ1v) is 10.6. The van der Waals surface area contributed by atoms with Crippen LogP contribution < -0.4 is 9.47 Å². The molecule has 0 aromatic heterocycles. The van der Waals surface area contributed by atoms with Gasteiger partial charge in [0.05, 0.1) is 12.2 Å². The van der Waals surface area contributed by atoms with Gasteiger partial charge in [-0.1, -0.05) is 6.92 Å². The highest BCUT2D eigenvalue weighted by molar-refractivity contribution is 7.99. The van der Waals surface area contributed by atoms with Gasteiger partial charge in [-0.15, -0.1) is 11.8 Å². The summed E-state index contributed by atoms with van der Waals surface area (Å²) in [6.07, 6.45) is -3.56. The van der Waals surface area contributed by atoms with Gasteiger partial charge in [0.25, 0.3) is 0 Å². The van der Waals surface area contributed by atoms with Crippen LogP contribution in [0.1, 0.15) is 31.4 Å². The minimum atomic E-state index is -4.35. The second kappa shape index (κ2) is 11.4. The second-order valence-electron chi connectivity index (χ2n) is 6.50. The van der Waals surface area contributed by atoms with Crippen molar-refractivity contribution in [1.29, 1.82) is 0 Å². The van der Waals surface area contributed by atoms with Gasteiger partial charge in [-0.2, -0.15) is 13.2 Å². The lowest BCUT2D eigenvalue weighted by molar-refractivity contribution is -0.137. The van der Waals surface area contributed by atoms with Gasteiger partial charge in [0.15, 0.2) is 0 Å².